The lowest BCUT2D eigenvalue weighted by atomic mass is 9.98. The molecule has 0 spiro atoms. The van der Waals surface area contributed by atoms with Crippen LogP contribution in [0.2, 0.25) is 0 Å². The lowest BCUT2D eigenvalue weighted by Gasteiger charge is -2.29. The lowest BCUT2D eigenvalue weighted by molar-refractivity contribution is 0.0755. The molecule has 2 N–H and O–H groups in total. The number of fused-ring (bicyclic) bond motifs is 1. The van der Waals surface area contributed by atoms with Gasteiger partial charge in [-0.15, -0.1) is 0 Å². The van der Waals surface area contributed by atoms with E-state index in [0.717, 1.165) is 6.42 Å². The lowest BCUT2D eigenvalue weighted by Crippen LogP contribution is -2.37. The molecular weight excluding hydrogens is 214 g/mol. The number of rotatable bonds is 4. The quantitative estimate of drug-likeness (QED) is 0.838. The van der Waals surface area contributed by atoms with Gasteiger partial charge in [-0.2, -0.15) is 0 Å². The molecule has 0 radical (unpaired) electrons. The van der Waals surface area contributed by atoms with E-state index in [-0.39, 0.29) is 18.2 Å². The van der Waals surface area contributed by atoms with E-state index in [1.165, 1.54) is 11.1 Å². The molecule has 0 aliphatic carbocycles. The Morgan fingerprint density at radius 2 is 2.18 bits per heavy atom. The molecule has 1 aliphatic rings. The second kappa shape index (κ2) is 5.63. The molecule has 3 heteroatoms. The third kappa shape index (κ3) is 3.28. The highest BCUT2D eigenvalue weighted by atomic mass is 16.5. The predicted octanol–water partition coefficient (Wildman–Crippen LogP) is 2.01. The van der Waals surface area contributed by atoms with Gasteiger partial charge >= 0.3 is 0 Å². The first-order valence-corrected chi connectivity index (χ1v) is 6.26. The van der Waals surface area contributed by atoms with E-state index in [0.29, 0.717) is 13.2 Å². The molecule has 3 nitrogen and oxygen atoms in total. The van der Waals surface area contributed by atoms with Gasteiger partial charge in [-0.3, -0.25) is 0 Å². The van der Waals surface area contributed by atoms with E-state index >= 15 is 0 Å². The van der Waals surface area contributed by atoms with Gasteiger partial charge in [0.05, 0.1) is 25.4 Å². The van der Waals surface area contributed by atoms with Crippen molar-refractivity contribution >= 4 is 0 Å². The maximum Gasteiger partial charge on any atom is 0.0721 e. The topological polar surface area (TPSA) is 41.5 Å². The predicted molar refractivity (Wildman–Crippen MR) is 67.7 cm³/mol. The first kappa shape index (κ1) is 12.6. The first-order valence-electron chi connectivity index (χ1n) is 6.26. The Bertz CT molecular complexity index is 365. The fourth-order valence-corrected chi connectivity index (χ4v) is 2.44. The van der Waals surface area contributed by atoms with Gasteiger partial charge in [0.25, 0.3) is 0 Å². The number of hydrogen-bond acceptors (Lipinski definition) is 3. The van der Waals surface area contributed by atoms with E-state index in [1.54, 1.807) is 0 Å². The highest BCUT2D eigenvalue weighted by Crippen LogP contribution is 2.25. The Hall–Kier alpha value is -0.900. The van der Waals surface area contributed by atoms with Crippen LogP contribution < -0.4 is 5.32 Å². The number of benzene rings is 1. The van der Waals surface area contributed by atoms with Crippen LogP contribution in [-0.4, -0.2) is 23.9 Å². The first-order chi connectivity index (χ1) is 8.16. The summed E-state index contributed by atoms with van der Waals surface area (Å²) in [5, 5.41) is 12.9. The minimum absolute atomic E-state index is 0.244. The van der Waals surface area contributed by atoms with E-state index in [9.17, 15) is 5.11 Å². The van der Waals surface area contributed by atoms with Crippen molar-refractivity contribution in [3.05, 3.63) is 35.4 Å². The van der Waals surface area contributed by atoms with Gasteiger partial charge in [0.15, 0.2) is 0 Å². The molecule has 0 saturated carbocycles. The van der Waals surface area contributed by atoms with Gasteiger partial charge in [0.1, 0.15) is 0 Å². The molecule has 0 amide bonds. The largest absolute Gasteiger partial charge is 0.393 e. The molecule has 0 saturated heterocycles. The van der Waals surface area contributed by atoms with Crippen LogP contribution in [0, 0.1) is 0 Å². The molecule has 3 unspecified atom stereocenters. The van der Waals surface area contributed by atoms with Crippen molar-refractivity contribution in [3.8, 4) is 0 Å². The van der Waals surface area contributed by atoms with E-state index in [4.69, 9.17) is 4.74 Å². The number of aliphatic hydroxyl groups is 1. The Morgan fingerprint density at radius 3 is 2.94 bits per heavy atom. The maximum absolute atomic E-state index is 9.38. The zero-order valence-corrected chi connectivity index (χ0v) is 10.5. The summed E-state index contributed by atoms with van der Waals surface area (Å²) in [6.45, 7) is 5.34. The molecule has 1 heterocycles. The highest BCUT2D eigenvalue weighted by Gasteiger charge is 2.21. The summed E-state index contributed by atoms with van der Waals surface area (Å²) in [4.78, 5) is 0. The molecule has 1 aliphatic heterocycles. The fraction of sp³-hybridized carbons (Fsp3) is 0.571. The normalized spacial score (nSPS) is 22.9. The minimum Gasteiger partial charge on any atom is -0.393 e. The zero-order valence-electron chi connectivity index (χ0n) is 10.5. The molecule has 0 bridgehead atoms. The summed E-state index contributed by atoms with van der Waals surface area (Å²) < 4.78 is 5.59. The Morgan fingerprint density at radius 1 is 1.41 bits per heavy atom. The second-order valence-corrected chi connectivity index (χ2v) is 4.92. The molecular formula is C14H21NO2. The van der Waals surface area contributed by atoms with Gasteiger partial charge in [0.2, 0.25) is 0 Å². The third-order valence-electron chi connectivity index (χ3n) is 3.15. The number of ether oxygens (including phenoxy) is 1. The summed E-state index contributed by atoms with van der Waals surface area (Å²) in [6.07, 6.45) is 0.496. The van der Waals surface area contributed by atoms with E-state index < -0.39 is 0 Å². The van der Waals surface area contributed by atoms with Crippen LogP contribution in [0.3, 0.4) is 0 Å². The minimum atomic E-state index is -0.266. The molecule has 1 aromatic carbocycles. The average molecular weight is 235 g/mol. The second-order valence-electron chi connectivity index (χ2n) is 4.92. The summed E-state index contributed by atoms with van der Waals surface area (Å²) in [7, 11) is 0. The van der Waals surface area contributed by atoms with E-state index in [1.807, 2.05) is 13.0 Å². The van der Waals surface area contributed by atoms with Crippen LogP contribution in [0.4, 0.5) is 0 Å². The van der Waals surface area contributed by atoms with Crippen LogP contribution in [0.15, 0.2) is 24.3 Å². The Balaban J connectivity index is 2.03. The maximum atomic E-state index is 9.38. The summed E-state index contributed by atoms with van der Waals surface area (Å²) in [6, 6.07) is 8.91. The van der Waals surface area contributed by atoms with Crippen molar-refractivity contribution in [2.24, 2.45) is 0 Å². The molecule has 0 fully saturated rings. The highest BCUT2D eigenvalue weighted by molar-refractivity contribution is 5.31. The van der Waals surface area contributed by atoms with E-state index in [2.05, 4.69) is 30.4 Å². The summed E-state index contributed by atoms with van der Waals surface area (Å²) >= 11 is 0. The van der Waals surface area contributed by atoms with Crippen molar-refractivity contribution in [1.82, 2.24) is 5.32 Å². The summed E-state index contributed by atoms with van der Waals surface area (Å²) in [5.41, 5.74) is 2.59. The smallest absolute Gasteiger partial charge is 0.0721 e. The van der Waals surface area contributed by atoms with Crippen LogP contribution in [0.5, 0.6) is 0 Å². The molecule has 2 rings (SSSR count). The standard InChI is InChI=1S/C14H21NO2/c1-10(7-11(2)16)15-14-9-17-8-12-5-3-4-6-13(12)14/h3-6,10-11,14-16H,7-9H2,1-2H3. The monoisotopic (exact) mass is 235 g/mol. The molecule has 3 atom stereocenters. The van der Waals surface area contributed by atoms with Crippen LogP contribution in [0.25, 0.3) is 0 Å². The van der Waals surface area contributed by atoms with Gasteiger partial charge in [-0.1, -0.05) is 24.3 Å². The average Bonchev–Trinajstić information content (AvgIpc) is 2.28. The van der Waals surface area contributed by atoms with Crippen molar-refractivity contribution < 1.29 is 9.84 Å². The van der Waals surface area contributed by atoms with Crippen molar-refractivity contribution in [3.63, 3.8) is 0 Å². The van der Waals surface area contributed by atoms with Gasteiger partial charge in [0, 0.05) is 6.04 Å². The van der Waals surface area contributed by atoms with Gasteiger partial charge in [-0.25, -0.2) is 0 Å². The van der Waals surface area contributed by atoms with Crippen LogP contribution in [-0.2, 0) is 11.3 Å². The molecule has 94 valence electrons. The zero-order chi connectivity index (χ0) is 12.3. The SMILES string of the molecule is CC(O)CC(C)NC1COCc2ccccc21. The van der Waals surface area contributed by atoms with Crippen LogP contribution >= 0.6 is 0 Å². The van der Waals surface area contributed by atoms with Crippen molar-refractivity contribution in [1.29, 1.82) is 0 Å². The van der Waals surface area contributed by atoms with Crippen molar-refractivity contribution in [2.75, 3.05) is 6.61 Å². The van der Waals surface area contributed by atoms with Gasteiger partial charge in [-0.05, 0) is 31.4 Å². The third-order valence-corrected chi connectivity index (χ3v) is 3.15. The Kier molecular flexibility index (Phi) is 4.15. The number of aliphatic hydroxyl groups excluding tert-OH is 1. The Labute approximate surface area is 103 Å². The number of nitrogens with one attached hydrogen (secondary N) is 1. The fourth-order valence-electron chi connectivity index (χ4n) is 2.44. The van der Waals surface area contributed by atoms with Crippen LogP contribution in [0.1, 0.15) is 37.4 Å². The summed E-state index contributed by atoms with van der Waals surface area (Å²) in [5.74, 6) is 0. The molecule has 1 aromatic rings. The molecule has 0 aromatic heterocycles. The van der Waals surface area contributed by atoms with Gasteiger partial charge < -0.3 is 15.2 Å². The molecule has 17 heavy (non-hydrogen) atoms. The van der Waals surface area contributed by atoms with Crippen molar-refractivity contribution in [2.45, 2.75) is 45.1 Å². The number of hydrogen-bond donors (Lipinski definition) is 2.